The van der Waals surface area contributed by atoms with Gasteiger partial charge in [0, 0.05) is 24.2 Å². The van der Waals surface area contributed by atoms with Gasteiger partial charge in [-0.05, 0) is 37.0 Å². The maximum atomic E-state index is 13.2. The third-order valence-electron chi connectivity index (χ3n) is 5.57. The van der Waals surface area contributed by atoms with Crippen LogP contribution in [-0.4, -0.2) is 36.3 Å². The van der Waals surface area contributed by atoms with E-state index in [4.69, 9.17) is 4.74 Å². The SMILES string of the molecule is O=C(c1ccccc1)c1ccccc1C(=O)N1CCC(COc2ccccc2)CC1. The Morgan fingerprint density at radius 1 is 0.767 bits per heavy atom. The predicted octanol–water partition coefficient (Wildman–Crippen LogP) is 4.85. The smallest absolute Gasteiger partial charge is 0.254 e. The van der Waals surface area contributed by atoms with E-state index in [-0.39, 0.29) is 11.7 Å². The van der Waals surface area contributed by atoms with E-state index in [0.717, 1.165) is 18.6 Å². The van der Waals surface area contributed by atoms with Crippen molar-refractivity contribution in [2.75, 3.05) is 19.7 Å². The second-order valence-corrected chi connectivity index (χ2v) is 7.60. The molecule has 3 aromatic carbocycles. The van der Waals surface area contributed by atoms with Crippen LogP contribution < -0.4 is 4.74 Å². The van der Waals surface area contributed by atoms with E-state index in [0.29, 0.717) is 42.3 Å². The van der Waals surface area contributed by atoms with Crippen LogP contribution in [0.1, 0.15) is 39.1 Å². The maximum absolute atomic E-state index is 13.2. The fourth-order valence-electron chi connectivity index (χ4n) is 3.82. The van der Waals surface area contributed by atoms with Crippen LogP contribution in [0.15, 0.2) is 84.9 Å². The van der Waals surface area contributed by atoms with Crippen molar-refractivity contribution < 1.29 is 14.3 Å². The first-order valence-corrected chi connectivity index (χ1v) is 10.4. The summed E-state index contributed by atoms with van der Waals surface area (Å²) in [4.78, 5) is 28.0. The lowest BCUT2D eigenvalue weighted by Crippen LogP contribution is -2.40. The molecule has 0 radical (unpaired) electrons. The highest BCUT2D eigenvalue weighted by molar-refractivity contribution is 6.15. The van der Waals surface area contributed by atoms with Crippen molar-refractivity contribution in [3.63, 3.8) is 0 Å². The molecule has 4 heteroatoms. The summed E-state index contributed by atoms with van der Waals surface area (Å²) < 4.78 is 5.88. The lowest BCUT2D eigenvalue weighted by Gasteiger charge is -2.32. The molecular formula is C26H25NO3. The van der Waals surface area contributed by atoms with Crippen LogP contribution >= 0.6 is 0 Å². The van der Waals surface area contributed by atoms with Crippen molar-refractivity contribution in [1.82, 2.24) is 4.90 Å². The second-order valence-electron chi connectivity index (χ2n) is 7.60. The number of hydrogen-bond donors (Lipinski definition) is 0. The number of benzene rings is 3. The van der Waals surface area contributed by atoms with Gasteiger partial charge >= 0.3 is 0 Å². The molecule has 3 aromatic rings. The topological polar surface area (TPSA) is 46.6 Å². The molecule has 0 spiro atoms. The number of piperidine rings is 1. The Labute approximate surface area is 177 Å². The summed E-state index contributed by atoms with van der Waals surface area (Å²) in [6.45, 7) is 2.01. The number of nitrogens with zero attached hydrogens (tertiary/aromatic N) is 1. The Morgan fingerprint density at radius 3 is 2.00 bits per heavy atom. The van der Waals surface area contributed by atoms with Gasteiger partial charge in [0.1, 0.15) is 5.75 Å². The predicted molar refractivity (Wildman–Crippen MR) is 117 cm³/mol. The summed E-state index contributed by atoms with van der Waals surface area (Å²) in [6.07, 6.45) is 1.79. The van der Waals surface area contributed by atoms with Crippen LogP contribution in [0.25, 0.3) is 0 Å². The van der Waals surface area contributed by atoms with Crippen LogP contribution in [0.5, 0.6) is 5.75 Å². The number of rotatable bonds is 6. The Kier molecular flexibility index (Phi) is 6.23. The normalized spacial score (nSPS) is 14.3. The number of ketones is 1. The fraction of sp³-hybridized carbons (Fsp3) is 0.231. The molecule has 0 aromatic heterocycles. The van der Waals surface area contributed by atoms with Gasteiger partial charge in [-0.15, -0.1) is 0 Å². The minimum absolute atomic E-state index is 0.0719. The maximum Gasteiger partial charge on any atom is 0.254 e. The highest BCUT2D eigenvalue weighted by Crippen LogP contribution is 2.23. The van der Waals surface area contributed by atoms with Crippen LogP contribution in [0.2, 0.25) is 0 Å². The summed E-state index contributed by atoms with van der Waals surface area (Å²) in [6, 6.07) is 26.0. The van der Waals surface area contributed by atoms with Gasteiger partial charge in [0.05, 0.1) is 12.2 Å². The van der Waals surface area contributed by atoms with Gasteiger partial charge < -0.3 is 9.64 Å². The number of para-hydroxylation sites is 1. The van der Waals surface area contributed by atoms with E-state index in [9.17, 15) is 9.59 Å². The molecule has 0 bridgehead atoms. The highest BCUT2D eigenvalue weighted by atomic mass is 16.5. The molecule has 0 N–H and O–H groups in total. The zero-order chi connectivity index (χ0) is 20.8. The third kappa shape index (κ3) is 4.60. The molecular weight excluding hydrogens is 374 g/mol. The molecule has 0 aliphatic carbocycles. The van der Waals surface area contributed by atoms with Gasteiger partial charge in [0.15, 0.2) is 5.78 Å². The van der Waals surface area contributed by atoms with Crippen LogP contribution in [-0.2, 0) is 0 Å². The first-order chi connectivity index (χ1) is 14.7. The highest BCUT2D eigenvalue weighted by Gasteiger charge is 2.26. The number of likely N-dealkylation sites (tertiary alicyclic amines) is 1. The van der Waals surface area contributed by atoms with Crippen molar-refractivity contribution in [1.29, 1.82) is 0 Å². The third-order valence-corrected chi connectivity index (χ3v) is 5.57. The first kappa shape index (κ1) is 19.9. The average molecular weight is 399 g/mol. The summed E-state index contributed by atoms with van der Waals surface area (Å²) in [5.74, 6) is 1.11. The minimum Gasteiger partial charge on any atom is -0.493 e. The molecule has 1 saturated heterocycles. The van der Waals surface area contributed by atoms with E-state index in [1.165, 1.54) is 0 Å². The molecule has 4 rings (SSSR count). The molecule has 0 saturated carbocycles. The number of carbonyl (C=O) groups is 2. The Balaban J connectivity index is 1.39. The molecule has 152 valence electrons. The van der Waals surface area contributed by atoms with Crippen molar-refractivity contribution in [3.05, 3.63) is 102 Å². The lowest BCUT2D eigenvalue weighted by atomic mass is 9.94. The van der Waals surface area contributed by atoms with Gasteiger partial charge in [0.2, 0.25) is 0 Å². The molecule has 4 nitrogen and oxygen atoms in total. The zero-order valence-corrected chi connectivity index (χ0v) is 16.9. The summed E-state index contributed by atoms with van der Waals surface area (Å²) in [5.41, 5.74) is 1.53. The average Bonchev–Trinajstić information content (AvgIpc) is 2.83. The lowest BCUT2D eigenvalue weighted by molar-refractivity contribution is 0.0658. The van der Waals surface area contributed by atoms with Crippen molar-refractivity contribution >= 4 is 11.7 Å². The summed E-state index contributed by atoms with van der Waals surface area (Å²) in [5, 5.41) is 0. The van der Waals surface area contributed by atoms with Gasteiger partial charge in [0.25, 0.3) is 5.91 Å². The number of amides is 1. The van der Waals surface area contributed by atoms with E-state index < -0.39 is 0 Å². The fourth-order valence-corrected chi connectivity index (χ4v) is 3.82. The van der Waals surface area contributed by atoms with Crippen LogP contribution in [0.4, 0.5) is 0 Å². The minimum atomic E-state index is -0.120. The van der Waals surface area contributed by atoms with Crippen molar-refractivity contribution in [3.8, 4) is 5.75 Å². The van der Waals surface area contributed by atoms with Gasteiger partial charge in [-0.2, -0.15) is 0 Å². The second kappa shape index (κ2) is 9.40. The standard InChI is InChI=1S/C26H25NO3/c28-25(21-9-3-1-4-10-21)23-13-7-8-14-24(23)26(29)27-17-15-20(16-18-27)19-30-22-11-5-2-6-12-22/h1-14,20H,15-19H2. The molecule has 1 heterocycles. The van der Waals surface area contributed by atoms with Crippen molar-refractivity contribution in [2.45, 2.75) is 12.8 Å². The molecule has 1 aliphatic rings. The van der Waals surface area contributed by atoms with E-state index in [1.807, 2.05) is 59.5 Å². The molecule has 1 fully saturated rings. The Hall–Kier alpha value is -3.40. The molecule has 0 atom stereocenters. The van der Waals surface area contributed by atoms with E-state index in [2.05, 4.69) is 0 Å². The molecule has 30 heavy (non-hydrogen) atoms. The van der Waals surface area contributed by atoms with Gasteiger partial charge in [-0.25, -0.2) is 0 Å². The number of carbonyl (C=O) groups excluding carboxylic acids is 2. The number of hydrogen-bond acceptors (Lipinski definition) is 3. The molecule has 1 amide bonds. The quantitative estimate of drug-likeness (QED) is 0.557. The molecule has 0 unspecified atom stereocenters. The zero-order valence-electron chi connectivity index (χ0n) is 16.9. The summed E-state index contributed by atoms with van der Waals surface area (Å²) in [7, 11) is 0. The van der Waals surface area contributed by atoms with Crippen molar-refractivity contribution in [2.24, 2.45) is 5.92 Å². The van der Waals surface area contributed by atoms with Crippen LogP contribution in [0.3, 0.4) is 0 Å². The van der Waals surface area contributed by atoms with E-state index in [1.54, 1.807) is 30.3 Å². The number of ether oxygens (including phenoxy) is 1. The Morgan fingerprint density at radius 2 is 1.33 bits per heavy atom. The first-order valence-electron chi connectivity index (χ1n) is 10.4. The van der Waals surface area contributed by atoms with E-state index >= 15 is 0 Å². The van der Waals surface area contributed by atoms with Crippen LogP contribution in [0, 0.1) is 5.92 Å². The monoisotopic (exact) mass is 399 g/mol. The van der Waals surface area contributed by atoms with Gasteiger partial charge in [-0.1, -0.05) is 66.7 Å². The Bertz CT molecular complexity index is 993. The molecule has 1 aliphatic heterocycles. The van der Waals surface area contributed by atoms with Gasteiger partial charge in [-0.3, -0.25) is 9.59 Å². The largest absolute Gasteiger partial charge is 0.493 e. The summed E-state index contributed by atoms with van der Waals surface area (Å²) >= 11 is 0.